The summed E-state index contributed by atoms with van der Waals surface area (Å²) in [5.74, 6) is 0.872. The Morgan fingerprint density at radius 2 is 1.84 bits per heavy atom. The molecule has 0 aliphatic rings. The van der Waals surface area contributed by atoms with Crippen molar-refractivity contribution in [2.24, 2.45) is 0 Å². The van der Waals surface area contributed by atoms with Gasteiger partial charge in [-0.1, -0.05) is 42.1 Å². The van der Waals surface area contributed by atoms with Crippen LogP contribution in [0.3, 0.4) is 0 Å². The molecule has 8 heteroatoms. The van der Waals surface area contributed by atoms with Crippen molar-refractivity contribution in [1.29, 1.82) is 0 Å². The molecule has 1 heterocycles. The predicted molar refractivity (Wildman–Crippen MR) is 128 cm³/mol. The smallest absolute Gasteiger partial charge is 0.262 e. The topological polar surface area (TPSA) is 60.5 Å². The Labute approximate surface area is 193 Å². The molecule has 0 radical (unpaired) electrons. The van der Waals surface area contributed by atoms with E-state index in [0.29, 0.717) is 12.3 Å². The second-order valence-corrected chi connectivity index (χ2v) is 9.26. The van der Waals surface area contributed by atoms with E-state index in [1.807, 2.05) is 43.3 Å². The van der Waals surface area contributed by atoms with Gasteiger partial charge < -0.3 is 14.8 Å². The summed E-state index contributed by atoms with van der Waals surface area (Å²) in [4.78, 5) is 16.8. The van der Waals surface area contributed by atoms with Crippen LogP contribution >= 0.6 is 23.1 Å². The van der Waals surface area contributed by atoms with Gasteiger partial charge in [-0.05, 0) is 48.9 Å². The van der Waals surface area contributed by atoms with Crippen LogP contribution in [0.1, 0.15) is 5.56 Å². The van der Waals surface area contributed by atoms with Crippen molar-refractivity contribution >= 4 is 44.9 Å². The van der Waals surface area contributed by atoms with E-state index < -0.39 is 5.82 Å². The second kappa shape index (κ2) is 10.5. The fraction of sp³-hybridized carbons (Fsp3) is 0.167. The number of hydrogen-bond acceptors (Lipinski definition) is 6. The predicted octanol–water partition coefficient (Wildman–Crippen LogP) is 5.93. The van der Waals surface area contributed by atoms with Crippen LogP contribution < -0.4 is 14.8 Å². The molecule has 0 aliphatic carbocycles. The van der Waals surface area contributed by atoms with Crippen LogP contribution in [0.5, 0.6) is 11.5 Å². The first kappa shape index (κ1) is 22.1. The molecule has 0 saturated carbocycles. The van der Waals surface area contributed by atoms with Crippen LogP contribution in [0.4, 0.5) is 10.1 Å². The van der Waals surface area contributed by atoms with Crippen molar-refractivity contribution in [2.45, 2.75) is 11.3 Å². The Kier molecular flexibility index (Phi) is 7.24. The number of thiazole rings is 1. The van der Waals surface area contributed by atoms with Gasteiger partial charge in [-0.2, -0.15) is 0 Å². The SMILES string of the molecule is Cc1ccccc1OCCSc1nc2ccc(NC(=O)COc3ccccc3F)cc2s1. The van der Waals surface area contributed by atoms with Gasteiger partial charge in [0.05, 0.1) is 16.8 Å². The van der Waals surface area contributed by atoms with Gasteiger partial charge in [-0.3, -0.25) is 4.79 Å². The molecule has 1 aromatic heterocycles. The van der Waals surface area contributed by atoms with Crippen molar-refractivity contribution in [3.63, 3.8) is 0 Å². The third kappa shape index (κ3) is 5.77. The van der Waals surface area contributed by atoms with E-state index in [-0.39, 0.29) is 18.3 Å². The van der Waals surface area contributed by atoms with Crippen LogP contribution in [0.25, 0.3) is 10.2 Å². The molecule has 0 aliphatic heterocycles. The van der Waals surface area contributed by atoms with E-state index in [0.717, 1.165) is 31.6 Å². The Balaban J connectivity index is 1.29. The number of fused-ring (bicyclic) bond motifs is 1. The molecule has 0 atom stereocenters. The zero-order chi connectivity index (χ0) is 22.3. The number of thioether (sulfide) groups is 1. The van der Waals surface area contributed by atoms with E-state index in [9.17, 15) is 9.18 Å². The van der Waals surface area contributed by atoms with Gasteiger partial charge in [0, 0.05) is 11.4 Å². The molecule has 0 bridgehead atoms. The largest absolute Gasteiger partial charge is 0.492 e. The number of aromatic nitrogens is 1. The summed E-state index contributed by atoms with van der Waals surface area (Å²) in [6.45, 7) is 2.34. The maximum Gasteiger partial charge on any atom is 0.262 e. The minimum Gasteiger partial charge on any atom is -0.492 e. The monoisotopic (exact) mass is 468 g/mol. The lowest BCUT2D eigenvalue weighted by molar-refractivity contribution is -0.118. The third-order valence-electron chi connectivity index (χ3n) is 4.51. The molecule has 1 N–H and O–H groups in total. The number of ether oxygens (including phenoxy) is 2. The molecule has 4 aromatic rings. The van der Waals surface area contributed by atoms with Crippen molar-refractivity contribution in [1.82, 2.24) is 4.98 Å². The fourth-order valence-electron chi connectivity index (χ4n) is 2.94. The highest BCUT2D eigenvalue weighted by molar-refractivity contribution is 8.01. The number of aryl methyl sites for hydroxylation is 1. The summed E-state index contributed by atoms with van der Waals surface area (Å²) in [5, 5.41) is 2.77. The summed E-state index contributed by atoms with van der Waals surface area (Å²) < 4.78 is 26.6. The maximum atomic E-state index is 13.6. The van der Waals surface area contributed by atoms with E-state index in [1.54, 1.807) is 41.3 Å². The summed E-state index contributed by atoms with van der Waals surface area (Å²) in [6, 6.07) is 19.5. The van der Waals surface area contributed by atoms with Crippen LogP contribution in [-0.2, 0) is 4.79 Å². The number of carbonyl (C=O) groups is 1. The highest BCUT2D eigenvalue weighted by Gasteiger charge is 2.10. The summed E-state index contributed by atoms with van der Waals surface area (Å²) >= 11 is 3.20. The third-order valence-corrected chi connectivity index (χ3v) is 6.63. The zero-order valence-corrected chi connectivity index (χ0v) is 19.0. The van der Waals surface area contributed by atoms with Gasteiger partial charge >= 0.3 is 0 Å². The molecule has 164 valence electrons. The number of nitrogens with zero attached hydrogens (tertiary/aromatic N) is 1. The molecule has 0 unspecified atom stereocenters. The molecule has 5 nitrogen and oxygen atoms in total. The molecule has 3 aromatic carbocycles. The van der Waals surface area contributed by atoms with Gasteiger partial charge in [0.2, 0.25) is 0 Å². The molecule has 1 amide bonds. The molecular formula is C24H21FN2O3S2. The molecule has 0 fully saturated rings. The Bertz CT molecular complexity index is 1230. The van der Waals surface area contributed by atoms with Crippen LogP contribution in [0.2, 0.25) is 0 Å². The van der Waals surface area contributed by atoms with E-state index in [4.69, 9.17) is 9.47 Å². The first-order valence-electron chi connectivity index (χ1n) is 9.97. The highest BCUT2D eigenvalue weighted by atomic mass is 32.2. The molecule has 4 rings (SSSR count). The summed E-state index contributed by atoms with van der Waals surface area (Å²) in [5.41, 5.74) is 2.63. The van der Waals surface area contributed by atoms with E-state index in [2.05, 4.69) is 10.3 Å². The van der Waals surface area contributed by atoms with Gasteiger partial charge in [0.25, 0.3) is 5.91 Å². The Hall–Kier alpha value is -3.10. The second-order valence-electron chi connectivity index (χ2n) is 6.89. The standard InChI is InChI=1S/C24H21FN2O3S2/c1-16-6-2-4-8-20(16)29-12-13-31-24-27-19-11-10-17(14-22(19)32-24)26-23(28)15-30-21-9-5-3-7-18(21)25/h2-11,14H,12-13,15H2,1H3,(H,26,28). The van der Waals surface area contributed by atoms with Crippen LogP contribution in [0.15, 0.2) is 71.1 Å². The fourth-order valence-corrected chi connectivity index (χ4v) is 4.94. The van der Waals surface area contributed by atoms with Gasteiger partial charge in [-0.15, -0.1) is 11.3 Å². The van der Waals surface area contributed by atoms with Crippen molar-refractivity contribution in [2.75, 3.05) is 24.3 Å². The number of nitrogens with one attached hydrogen (secondary N) is 1. The number of carbonyl (C=O) groups excluding carboxylic acids is 1. The zero-order valence-electron chi connectivity index (χ0n) is 17.3. The van der Waals surface area contributed by atoms with Gasteiger partial charge in [-0.25, -0.2) is 9.37 Å². The van der Waals surface area contributed by atoms with Crippen LogP contribution in [0, 0.1) is 12.7 Å². The number of anilines is 1. The minimum absolute atomic E-state index is 0.0497. The number of rotatable bonds is 9. The highest BCUT2D eigenvalue weighted by Crippen LogP contribution is 2.31. The number of hydrogen-bond donors (Lipinski definition) is 1. The van der Waals surface area contributed by atoms with Gasteiger partial charge in [0.1, 0.15) is 5.75 Å². The minimum atomic E-state index is -0.499. The Morgan fingerprint density at radius 1 is 1.06 bits per heavy atom. The lowest BCUT2D eigenvalue weighted by Gasteiger charge is -2.08. The summed E-state index contributed by atoms with van der Waals surface area (Å²) in [6.07, 6.45) is 0. The average Bonchev–Trinajstić information content (AvgIpc) is 3.19. The quantitative estimate of drug-likeness (QED) is 0.244. The first-order valence-corrected chi connectivity index (χ1v) is 11.8. The number of benzene rings is 3. The van der Waals surface area contributed by atoms with E-state index in [1.165, 1.54) is 12.1 Å². The van der Waals surface area contributed by atoms with Crippen molar-refractivity contribution in [3.05, 3.63) is 78.1 Å². The molecule has 0 spiro atoms. The molecular weight excluding hydrogens is 447 g/mol. The Morgan fingerprint density at radius 3 is 2.66 bits per heavy atom. The number of halogens is 1. The van der Waals surface area contributed by atoms with E-state index >= 15 is 0 Å². The van der Waals surface area contributed by atoms with Gasteiger partial charge in [0.15, 0.2) is 22.5 Å². The van der Waals surface area contributed by atoms with Crippen molar-refractivity contribution in [3.8, 4) is 11.5 Å². The lowest BCUT2D eigenvalue weighted by atomic mass is 10.2. The van der Waals surface area contributed by atoms with Crippen molar-refractivity contribution < 1.29 is 18.7 Å². The molecule has 0 saturated heterocycles. The number of para-hydroxylation sites is 2. The maximum absolute atomic E-state index is 13.6. The van der Waals surface area contributed by atoms with Crippen LogP contribution in [-0.4, -0.2) is 29.9 Å². The lowest BCUT2D eigenvalue weighted by Crippen LogP contribution is -2.20. The summed E-state index contributed by atoms with van der Waals surface area (Å²) in [7, 11) is 0. The molecule has 32 heavy (non-hydrogen) atoms. The first-order chi connectivity index (χ1) is 15.6. The normalized spacial score (nSPS) is 10.8. The average molecular weight is 469 g/mol. The number of amides is 1.